The predicted octanol–water partition coefficient (Wildman–Crippen LogP) is 0.941. The number of ether oxygens (including phenoxy) is 2. The molecule has 0 heterocycles. The molecule has 0 aromatic rings. The van der Waals surface area contributed by atoms with Crippen LogP contribution >= 0.6 is 11.8 Å². The van der Waals surface area contributed by atoms with Crippen molar-refractivity contribution in [1.82, 2.24) is 0 Å². The number of carbonyl (C=O) groups excluding carboxylic acids is 1. The highest BCUT2D eigenvalue weighted by Gasteiger charge is 2.26. The van der Waals surface area contributed by atoms with Gasteiger partial charge in [0.1, 0.15) is 6.10 Å². The summed E-state index contributed by atoms with van der Waals surface area (Å²) in [6.45, 7) is 0. The van der Waals surface area contributed by atoms with Crippen LogP contribution in [0, 0.1) is 0 Å². The smallest absolute Gasteiger partial charge is 0.367 e. The van der Waals surface area contributed by atoms with Gasteiger partial charge in [-0.1, -0.05) is 6.08 Å². The van der Waals surface area contributed by atoms with Crippen molar-refractivity contribution < 1.29 is 24.5 Å². The van der Waals surface area contributed by atoms with Crippen LogP contribution in [0.25, 0.3) is 0 Å². The molecule has 2 N–H and O–H groups in total. The van der Waals surface area contributed by atoms with E-state index in [-0.39, 0.29) is 12.5 Å². The van der Waals surface area contributed by atoms with Gasteiger partial charge in [0.2, 0.25) is 0 Å². The van der Waals surface area contributed by atoms with Crippen LogP contribution in [-0.2, 0) is 9.47 Å². The third-order valence-electron chi connectivity index (χ3n) is 2.65. The number of aliphatic hydroxyl groups excluding tert-OH is 2. The second-order valence-corrected chi connectivity index (χ2v) is 4.62. The van der Waals surface area contributed by atoms with Gasteiger partial charge in [-0.2, -0.15) is 0 Å². The third kappa shape index (κ3) is 4.67. The van der Waals surface area contributed by atoms with Crippen LogP contribution in [0.1, 0.15) is 12.8 Å². The first-order chi connectivity index (χ1) is 8.06. The highest BCUT2D eigenvalue weighted by Crippen LogP contribution is 2.19. The molecule has 98 valence electrons. The third-order valence-corrected chi connectivity index (χ3v) is 3.08. The first-order valence-electron chi connectivity index (χ1n) is 5.38. The fourth-order valence-electron chi connectivity index (χ4n) is 1.63. The van der Waals surface area contributed by atoms with Crippen molar-refractivity contribution in [1.29, 1.82) is 0 Å². The van der Waals surface area contributed by atoms with Crippen molar-refractivity contribution in [2.45, 2.75) is 37.3 Å². The Morgan fingerprint density at radius 1 is 1.24 bits per heavy atom. The van der Waals surface area contributed by atoms with Crippen LogP contribution in [0.5, 0.6) is 0 Å². The summed E-state index contributed by atoms with van der Waals surface area (Å²) in [5.41, 5.74) is 0. The van der Waals surface area contributed by atoms with E-state index in [0.717, 1.165) is 11.8 Å². The highest BCUT2D eigenvalue weighted by molar-refractivity contribution is 8.12. The van der Waals surface area contributed by atoms with Crippen LogP contribution in [0.15, 0.2) is 12.2 Å². The monoisotopic (exact) mass is 262 g/mol. The Hall–Kier alpha value is -0.560. The minimum absolute atomic E-state index is 0.195. The summed E-state index contributed by atoms with van der Waals surface area (Å²) >= 11 is 0.969. The van der Waals surface area contributed by atoms with E-state index in [1.54, 1.807) is 18.4 Å². The zero-order valence-corrected chi connectivity index (χ0v) is 10.7. The summed E-state index contributed by atoms with van der Waals surface area (Å²) in [7, 11) is 1.53. The molecule has 0 saturated heterocycles. The molecule has 0 aliphatic heterocycles. The van der Waals surface area contributed by atoms with E-state index in [0.29, 0.717) is 6.42 Å². The van der Waals surface area contributed by atoms with Gasteiger partial charge in [0.15, 0.2) is 0 Å². The van der Waals surface area contributed by atoms with Crippen LogP contribution < -0.4 is 0 Å². The summed E-state index contributed by atoms with van der Waals surface area (Å²) in [6, 6.07) is 0. The number of carbonyl (C=O) groups is 1. The first-order valence-corrected chi connectivity index (χ1v) is 6.61. The van der Waals surface area contributed by atoms with Crippen molar-refractivity contribution >= 4 is 17.1 Å². The fraction of sp³-hybridized carbons (Fsp3) is 0.727. The standard InChI is InChI=1S/C11H18O5S/c1-15-7-3-4-8(16-11(14)17-2)6-10(13)9(12)5-7/h3-4,7-10,12-13H,5-6H2,1-2H3/b4-3+. The number of aliphatic hydroxyl groups is 2. The zero-order valence-electron chi connectivity index (χ0n) is 9.91. The number of hydrogen-bond donors (Lipinski definition) is 2. The average molecular weight is 262 g/mol. The summed E-state index contributed by atoms with van der Waals surface area (Å²) < 4.78 is 10.2. The van der Waals surface area contributed by atoms with Gasteiger partial charge in [0.25, 0.3) is 0 Å². The molecule has 4 unspecified atom stereocenters. The Balaban J connectivity index is 2.69. The minimum atomic E-state index is -0.919. The largest absolute Gasteiger partial charge is 0.450 e. The highest BCUT2D eigenvalue weighted by atomic mass is 32.2. The molecule has 0 amide bonds. The van der Waals surface area contributed by atoms with Crippen molar-refractivity contribution in [3.8, 4) is 0 Å². The molecule has 1 rings (SSSR count). The van der Waals surface area contributed by atoms with E-state index >= 15 is 0 Å². The average Bonchev–Trinajstić information content (AvgIpc) is 2.31. The summed E-state index contributed by atoms with van der Waals surface area (Å²) in [6.07, 6.45) is 2.98. The molecular weight excluding hydrogens is 244 g/mol. The van der Waals surface area contributed by atoms with Crippen molar-refractivity contribution in [3.63, 3.8) is 0 Å². The lowest BCUT2D eigenvalue weighted by atomic mass is 9.97. The van der Waals surface area contributed by atoms with Gasteiger partial charge in [-0.05, 0) is 24.1 Å². The topological polar surface area (TPSA) is 76.0 Å². The first kappa shape index (κ1) is 14.5. The molecule has 1 aliphatic rings. The maximum Gasteiger partial charge on any atom is 0.367 e. The van der Waals surface area contributed by atoms with Crippen LogP contribution in [0.3, 0.4) is 0 Å². The normalized spacial score (nSPS) is 35.8. The molecular formula is C11H18O5S. The van der Waals surface area contributed by atoms with Gasteiger partial charge in [-0.25, -0.2) is 4.79 Å². The zero-order chi connectivity index (χ0) is 12.8. The van der Waals surface area contributed by atoms with Gasteiger partial charge < -0.3 is 19.7 Å². The second-order valence-electron chi connectivity index (χ2n) is 3.88. The summed E-state index contributed by atoms with van der Waals surface area (Å²) in [5.74, 6) is 0. The number of hydrogen-bond acceptors (Lipinski definition) is 6. The van der Waals surface area contributed by atoms with Crippen LogP contribution in [-0.4, -0.2) is 53.3 Å². The van der Waals surface area contributed by atoms with Gasteiger partial charge in [0, 0.05) is 20.0 Å². The molecule has 0 saturated carbocycles. The van der Waals surface area contributed by atoms with Crippen molar-refractivity contribution in [2.75, 3.05) is 13.4 Å². The predicted molar refractivity (Wildman–Crippen MR) is 65.0 cm³/mol. The summed E-state index contributed by atoms with van der Waals surface area (Å²) in [5, 5.41) is 19.0. The second kappa shape index (κ2) is 7.00. The molecule has 4 atom stereocenters. The molecule has 5 nitrogen and oxygen atoms in total. The Morgan fingerprint density at radius 2 is 1.76 bits per heavy atom. The van der Waals surface area contributed by atoms with Crippen molar-refractivity contribution in [3.05, 3.63) is 12.2 Å². The van der Waals surface area contributed by atoms with Gasteiger partial charge in [-0.3, -0.25) is 0 Å². The lowest BCUT2D eigenvalue weighted by Crippen LogP contribution is -2.35. The van der Waals surface area contributed by atoms with Crippen LogP contribution in [0.4, 0.5) is 4.79 Å². The lowest BCUT2D eigenvalue weighted by molar-refractivity contribution is -0.0325. The molecule has 0 radical (unpaired) electrons. The van der Waals surface area contributed by atoms with E-state index in [9.17, 15) is 15.0 Å². The molecule has 6 heteroatoms. The quantitative estimate of drug-likeness (QED) is 0.570. The van der Waals surface area contributed by atoms with Gasteiger partial charge in [-0.15, -0.1) is 0 Å². The maximum absolute atomic E-state index is 11.1. The lowest BCUT2D eigenvalue weighted by Gasteiger charge is -2.26. The Labute approximate surface area is 105 Å². The Bertz CT molecular complexity index is 281. The van der Waals surface area contributed by atoms with E-state index in [1.807, 2.05) is 0 Å². The van der Waals surface area contributed by atoms with Crippen molar-refractivity contribution in [2.24, 2.45) is 0 Å². The number of methoxy groups -OCH3 is 1. The molecule has 0 aromatic heterocycles. The van der Waals surface area contributed by atoms with Gasteiger partial charge in [0.05, 0.1) is 18.3 Å². The van der Waals surface area contributed by atoms with Gasteiger partial charge >= 0.3 is 5.30 Å². The summed E-state index contributed by atoms with van der Waals surface area (Å²) in [4.78, 5) is 11.1. The van der Waals surface area contributed by atoms with E-state index < -0.39 is 23.6 Å². The number of thioether (sulfide) groups is 1. The minimum Gasteiger partial charge on any atom is -0.450 e. The number of rotatable bonds is 2. The molecule has 0 spiro atoms. The molecule has 17 heavy (non-hydrogen) atoms. The van der Waals surface area contributed by atoms with E-state index in [4.69, 9.17) is 9.47 Å². The fourth-order valence-corrected chi connectivity index (χ4v) is 1.85. The molecule has 1 aliphatic carbocycles. The molecule has 0 fully saturated rings. The Kier molecular flexibility index (Phi) is 5.97. The maximum atomic E-state index is 11.1. The Morgan fingerprint density at radius 3 is 2.29 bits per heavy atom. The van der Waals surface area contributed by atoms with Crippen LogP contribution in [0.2, 0.25) is 0 Å². The molecule has 0 bridgehead atoms. The SMILES string of the molecule is COC1/C=C/C(OC(=O)SC)CC(O)C(O)C1. The molecule has 0 aromatic carbocycles. The van der Waals surface area contributed by atoms with E-state index in [2.05, 4.69) is 0 Å². The van der Waals surface area contributed by atoms with E-state index in [1.165, 1.54) is 7.11 Å².